The summed E-state index contributed by atoms with van der Waals surface area (Å²) in [6.45, 7) is 7.61. The first-order valence-electron chi connectivity index (χ1n) is 9.22. The highest BCUT2D eigenvalue weighted by Gasteiger charge is 2.30. The summed E-state index contributed by atoms with van der Waals surface area (Å²) in [6.07, 6.45) is 3.16. The van der Waals surface area contributed by atoms with Gasteiger partial charge >= 0.3 is 0 Å². The van der Waals surface area contributed by atoms with Crippen LogP contribution in [0.2, 0.25) is 0 Å². The van der Waals surface area contributed by atoms with Crippen LogP contribution in [0.5, 0.6) is 0 Å². The maximum absolute atomic E-state index is 12.6. The van der Waals surface area contributed by atoms with Crippen LogP contribution in [0.25, 0.3) is 0 Å². The highest BCUT2D eigenvalue weighted by Crippen LogP contribution is 2.29. The number of morpholine rings is 1. The van der Waals surface area contributed by atoms with Crippen molar-refractivity contribution in [2.75, 3.05) is 39.4 Å². The number of ether oxygens (including phenoxy) is 1. The molecule has 7 nitrogen and oxygen atoms in total. The molecule has 1 aromatic heterocycles. The summed E-state index contributed by atoms with van der Waals surface area (Å²) in [7, 11) is 0. The molecule has 0 atom stereocenters. The fraction of sp³-hybridized carbons (Fsp3) is 0.722. The number of aryl methyl sites for hydroxylation is 1. The summed E-state index contributed by atoms with van der Waals surface area (Å²) in [5, 5.41) is 0. The summed E-state index contributed by atoms with van der Waals surface area (Å²) in [6, 6.07) is 0. The predicted molar refractivity (Wildman–Crippen MR) is 91.4 cm³/mol. The van der Waals surface area contributed by atoms with Crippen LogP contribution >= 0.6 is 0 Å². The van der Waals surface area contributed by atoms with E-state index in [9.17, 15) is 9.59 Å². The van der Waals surface area contributed by atoms with Gasteiger partial charge in [0.2, 0.25) is 5.91 Å². The van der Waals surface area contributed by atoms with Gasteiger partial charge in [-0.3, -0.25) is 9.59 Å². The molecule has 3 heterocycles. The maximum atomic E-state index is 12.6. The lowest BCUT2D eigenvalue weighted by atomic mass is 9.96. The molecule has 0 radical (unpaired) electrons. The smallest absolute Gasteiger partial charge is 0.276 e. The highest BCUT2D eigenvalue weighted by atomic mass is 16.5. The minimum absolute atomic E-state index is 0.0774. The van der Waals surface area contributed by atoms with E-state index in [1.807, 2.05) is 11.8 Å². The molecule has 2 amide bonds. The van der Waals surface area contributed by atoms with E-state index < -0.39 is 0 Å². The van der Waals surface area contributed by atoms with E-state index in [0.29, 0.717) is 50.1 Å². The SMILES string of the molecule is CCCC(=O)N1CCC(c2nc(C(=O)N3CCOCC3)c(C)o2)CC1. The number of hydrogen-bond acceptors (Lipinski definition) is 5. The van der Waals surface area contributed by atoms with E-state index in [4.69, 9.17) is 9.15 Å². The Kier molecular flexibility index (Phi) is 5.73. The minimum atomic E-state index is -0.0774. The number of hydrogen-bond donors (Lipinski definition) is 0. The van der Waals surface area contributed by atoms with Gasteiger partial charge in [-0.1, -0.05) is 6.92 Å². The van der Waals surface area contributed by atoms with E-state index in [1.54, 1.807) is 11.8 Å². The number of amides is 2. The molecule has 0 aliphatic carbocycles. The molecule has 7 heteroatoms. The van der Waals surface area contributed by atoms with Gasteiger partial charge in [0.1, 0.15) is 5.76 Å². The zero-order valence-electron chi connectivity index (χ0n) is 15.1. The number of aromatic nitrogens is 1. The first-order chi connectivity index (χ1) is 12.1. The van der Waals surface area contributed by atoms with Crippen molar-refractivity contribution < 1.29 is 18.7 Å². The molecule has 0 spiro atoms. The van der Waals surface area contributed by atoms with Crippen molar-refractivity contribution in [3.8, 4) is 0 Å². The standard InChI is InChI=1S/C18H27N3O4/c1-3-4-15(22)20-7-5-14(6-8-20)17-19-16(13(2)25-17)18(23)21-9-11-24-12-10-21/h14H,3-12H2,1-2H3. The minimum Gasteiger partial charge on any atom is -0.445 e. The lowest BCUT2D eigenvalue weighted by molar-refractivity contribution is -0.132. The Hall–Kier alpha value is -1.89. The molecule has 0 bridgehead atoms. The summed E-state index contributed by atoms with van der Waals surface area (Å²) >= 11 is 0. The first-order valence-corrected chi connectivity index (χ1v) is 9.22. The second kappa shape index (κ2) is 7.99. The number of oxazole rings is 1. The monoisotopic (exact) mass is 349 g/mol. The Balaban J connectivity index is 1.63. The molecule has 2 saturated heterocycles. The highest BCUT2D eigenvalue weighted by molar-refractivity contribution is 5.93. The van der Waals surface area contributed by atoms with Crippen LogP contribution in [0.3, 0.4) is 0 Å². The number of carbonyl (C=O) groups is 2. The van der Waals surface area contributed by atoms with E-state index in [1.165, 1.54) is 0 Å². The number of rotatable bonds is 4. The van der Waals surface area contributed by atoms with Gasteiger partial charge < -0.3 is 19.0 Å². The van der Waals surface area contributed by atoms with Gasteiger partial charge in [0.05, 0.1) is 13.2 Å². The Morgan fingerprint density at radius 1 is 1.12 bits per heavy atom. The van der Waals surface area contributed by atoms with Gasteiger partial charge in [0.15, 0.2) is 11.6 Å². The third kappa shape index (κ3) is 4.03. The van der Waals surface area contributed by atoms with Crippen molar-refractivity contribution in [2.45, 2.75) is 45.4 Å². The average Bonchev–Trinajstić information content (AvgIpc) is 3.04. The topological polar surface area (TPSA) is 75.9 Å². The molecule has 25 heavy (non-hydrogen) atoms. The van der Waals surface area contributed by atoms with Gasteiger partial charge in [0, 0.05) is 38.5 Å². The lowest BCUT2D eigenvalue weighted by Gasteiger charge is -2.30. The van der Waals surface area contributed by atoms with Crippen LogP contribution in [0.1, 0.15) is 60.7 Å². The van der Waals surface area contributed by atoms with Crippen molar-refractivity contribution in [1.29, 1.82) is 0 Å². The number of carbonyl (C=O) groups excluding carboxylic acids is 2. The summed E-state index contributed by atoms with van der Waals surface area (Å²) in [5.74, 6) is 1.54. The van der Waals surface area contributed by atoms with E-state index in [-0.39, 0.29) is 17.7 Å². The number of likely N-dealkylation sites (tertiary alicyclic amines) is 1. The Bertz CT molecular complexity index is 614. The van der Waals surface area contributed by atoms with Gasteiger partial charge in [-0.25, -0.2) is 4.98 Å². The van der Waals surface area contributed by atoms with Crippen molar-refractivity contribution in [3.05, 3.63) is 17.3 Å². The summed E-state index contributed by atoms with van der Waals surface area (Å²) in [5.41, 5.74) is 0.418. The fourth-order valence-electron chi connectivity index (χ4n) is 3.45. The third-order valence-electron chi connectivity index (χ3n) is 4.97. The predicted octanol–water partition coefficient (Wildman–Crippen LogP) is 1.96. The van der Waals surface area contributed by atoms with Crippen LogP contribution in [-0.2, 0) is 9.53 Å². The molecular weight excluding hydrogens is 322 g/mol. The Morgan fingerprint density at radius 2 is 1.80 bits per heavy atom. The van der Waals surface area contributed by atoms with Gasteiger partial charge in [-0.2, -0.15) is 0 Å². The van der Waals surface area contributed by atoms with Crippen LogP contribution in [0.4, 0.5) is 0 Å². The van der Waals surface area contributed by atoms with Gasteiger partial charge in [-0.05, 0) is 26.2 Å². The summed E-state index contributed by atoms with van der Waals surface area (Å²) < 4.78 is 11.1. The lowest BCUT2D eigenvalue weighted by Crippen LogP contribution is -2.41. The van der Waals surface area contributed by atoms with Gasteiger partial charge in [0.25, 0.3) is 5.91 Å². The molecule has 2 aliphatic heterocycles. The van der Waals surface area contributed by atoms with Crippen molar-refractivity contribution >= 4 is 11.8 Å². The van der Waals surface area contributed by atoms with Crippen LogP contribution in [0, 0.1) is 6.92 Å². The van der Waals surface area contributed by atoms with Crippen molar-refractivity contribution in [1.82, 2.24) is 14.8 Å². The van der Waals surface area contributed by atoms with Crippen molar-refractivity contribution in [2.24, 2.45) is 0 Å². The molecular formula is C18H27N3O4. The molecule has 0 N–H and O–H groups in total. The quantitative estimate of drug-likeness (QED) is 0.830. The number of piperidine rings is 1. The average molecular weight is 349 g/mol. The van der Waals surface area contributed by atoms with E-state index in [2.05, 4.69) is 4.98 Å². The molecule has 2 fully saturated rings. The molecule has 138 valence electrons. The zero-order chi connectivity index (χ0) is 17.8. The number of nitrogens with zero attached hydrogens (tertiary/aromatic N) is 3. The normalized spacial score (nSPS) is 19.3. The maximum Gasteiger partial charge on any atom is 0.276 e. The summed E-state index contributed by atoms with van der Waals surface area (Å²) in [4.78, 5) is 32.8. The van der Waals surface area contributed by atoms with Crippen LogP contribution in [-0.4, -0.2) is 66.0 Å². The molecule has 2 aliphatic rings. The van der Waals surface area contributed by atoms with Crippen LogP contribution in [0.15, 0.2) is 4.42 Å². The largest absolute Gasteiger partial charge is 0.445 e. The zero-order valence-corrected chi connectivity index (χ0v) is 15.1. The Labute approximate surface area is 148 Å². The molecule has 0 aromatic carbocycles. The second-order valence-corrected chi connectivity index (χ2v) is 6.77. The van der Waals surface area contributed by atoms with E-state index >= 15 is 0 Å². The van der Waals surface area contributed by atoms with Crippen molar-refractivity contribution in [3.63, 3.8) is 0 Å². The fourth-order valence-corrected chi connectivity index (χ4v) is 3.45. The molecule has 0 saturated carbocycles. The molecule has 0 unspecified atom stereocenters. The van der Waals surface area contributed by atoms with Gasteiger partial charge in [-0.15, -0.1) is 0 Å². The molecule has 1 aromatic rings. The third-order valence-corrected chi connectivity index (χ3v) is 4.97. The second-order valence-electron chi connectivity index (χ2n) is 6.77. The van der Waals surface area contributed by atoms with Crippen LogP contribution < -0.4 is 0 Å². The van der Waals surface area contributed by atoms with E-state index in [0.717, 1.165) is 32.4 Å². The Morgan fingerprint density at radius 3 is 2.44 bits per heavy atom. The molecule has 3 rings (SSSR count). The first kappa shape index (κ1) is 17.9.